The Morgan fingerprint density at radius 1 is 0.491 bits per heavy atom. The predicted octanol–water partition coefficient (Wildman–Crippen LogP) is 14.7. The second kappa shape index (κ2) is 41.2. The lowest BCUT2D eigenvalue weighted by molar-refractivity contribution is 0.0153. The van der Waals surface area contributed by atoms with E-state index in [1.807, 2.05) is 84.0 Å². The van der Waals surface area contributed by atoms with E-state index in [1.165, 1.54) is 58.0 Å². The van der Waals surface area contributed by atoms with Gasteiger partial charge < -0.3 is 76.7 Å². The molecule has 5 aromatic carbocycles. The van der Waals surface area contributed by atoms with Crippen LogP contribution in [0.25, 0.3) is 22.3 Å². The number of aryl methyl sites for hydroxylation is 6. The molecule has 8 aromatic rings. The fourth-order valence-corrected chi connectivity index (χ4v) is 14.7. The third-order valence-electron chi connectivity index (χ3n) is 21.2. The molecule has 0 spiro atoms. The maximum atomic E-state index is 13.5. The number of methoxy groups -OCH3 is 1. The number of nitrogen functional groups attached to an aromatic ring is 3. The number of carbonyl (C=O) groups is 5. The number of aromatic nitrogens is 3. The highest BCUT2D eigenvalue weighted by Crippen LogP contribution is 2.30. The number of nitrogens with zero attached hydrogens (tertiary/aromatic N) is 6. The summed E-state index contributed by atoms with van der Waals surface area (Å²) in [5.74, 6) is 1.05. The molecule has 4 aliphatic heterocycles. The summed E-state index contributed by atoms with van der Waals surface area (Å²) >= 11 is 3.32. The third-order valence-corrected chi connectivity index (χ3v) is 21.6. The quantitative estimate of drug-likeness (QED) is 0.0313. The van der Waals surface area contributed by atoms with E-state index in [9.17, 15) is 24.0 Å². The lowest BCUT2D eigenvalue weighted by Gasteiger charge is -2.30. The lowest BCUT2D eigenvalue weighted by Crippen LogP contribution is -2.44. The van der Waals surface area contributed by atoms with E-state index in [2.05, 4.69) is 172 Å². The van der Waals surface area contributed by atoms with Gasteiger partial charge in [0.25, 0.3) is 17.7 Å². The third kappa shape index (κ3) is 25.2. The number of hydrogen-bond donors (Lipinski definition) is 7. The number of halogens is 1. The van der Waals surface area contributed by atoms with Crippen molar-refractivity contribution in [1.29, 1.82) is 0 Å². The number of hydrogen-bond acceptors (Lipinski definition) is 19. The first-order valence-electron chi connectivity index (χ1n) is 39.9. The van der Waals surface area contributed by atoms with Crippen LogP contribution in [0, 0.1) is 26.7 Å². The van der Waals surface area contributed by atoms with Gasteiger partial charge in [-0.3, -0.25) is 19.3 Å². The van der Waals surface area contributed by atoms with Gasteiger partial charge in [0.05, 0.1) is 93.1 Å². The molecule has 0 aliphatic carbocycles. The Labute approximate surface area is 693 Å². The van der Waals surface area contributed by atoms with E-state index < -0.39 is 53.6 Å². The highest BCUT2D eigenvalue weighted by molar-refractivity contribution is 9.10. The summed E-state index contributed by atoms with van der Waals surface area (Å²) in [7, 11) is 1.61. The van der Waals surface area contributed by atoms with Gasteiger partial charge in [-0.2, -0.15) is 0 Å². The van der Waals surface area contributed by atoms with Crippen molar-refractivity contribution < 1.29 is 52.4 Å². The summed E-state index contributed by atoms with van der Waals surface area (Å²) in [4.78, 5) is 83.7. The summed E-state index contributed by atoms with van der Waals surface area (Å²) in [6.45, 7) is 33.0. The van der Waals surface area contributed by atoms with E-state index in [0.717, 1.165) is 89.5 Å². The number of ether oxygens (including phenoxy) is 6. The molecule has 0 unspecified atom stereocenters. The SMILES string of the molecule is C.CCc1cc(CO[C@H]2CN(C(=O)OC(C)(C)C)C[C@@H]2NC(=O)c2cc(-c3ccc(OC)cc3)cnc2N)ccc1C.CCc1cc(CO[C@H]2CN(C(=O)OC(C)(C)C)C[C@@H]2NC(=O)c2cc(Br)cnc2N)ccc1C.CCc1cc(CO[C@H]2CNC[C@@H]2NC(=O)c2cc(-c3ccc(CN4CCC(C)CC4)cc3)cnc2N)ccc1C. The number of carbonyl (C=O) groups excluding carboxylic acids is 5. The van der Waals surface area contributed by atoms with Crippen LogP contribution in [0.15, 0.2) is 144 Å². The molecular weight excluding hydrogens is 1530 g/mol. The molecule has 116 heavy (non-hydrogen) atoms. The van der Waals surface area contributed by atoms with Gasteiger partial charge in [-0.05, 0) is 226 Å². The number of pyridine rings is 3. The second-order valence-electron chi connectivity index (χ2n) is 32.3. The Kier molecular flexibility index (Phi) is 31.9. The number of amides is 5. The Bertz CT molecular complexity index is 4660. The van der Waals surface area contributed by atoms with Crippen molar-refractivity contribution in [3.63, 3.8) is 0 Å². The Hall–Kier alpha value is -10.0. The number of nitrogens with one attached hydrogen (secondary N) is 4. The number of rotatable bonds is 23. The van der Waals surface area contributed by atoms with Crippen molar-refractivity contribution in [3.05, 3.63) is 217 Å². The fourth-order valence-electron chi connectivity index (χ4n) is 14.3. The van der Waals surface area contributed by atoms with Gasteiger partial charge in [0.1, 0.15) is 34.4 Å². The Balaban J connectivity index is 0.000000199. The molecule has 7 heterocycles. The fraction of sp³-hybridized carbons (Fsp3) is 0.451. The van der Waals surface area contributed by atoms with E-state index in [-0.39, 0.29) is 79.6 Å². The maximum Gasteiger partial charge on any atom is 0.410 e. The van der Waals surface area contributed by atoms with Crippen molar-refractivity contribution in [2.75, 3.05) is 76.7 Å². The monoisotopic (exact) mass is 1650 g/mol. The number of likely N-dealkylation sites (tertiary alicyclic amines) is 3. The summed E-state index contributed by atoms with van der Waals surface area (Å²) in [5.41, 5.74) is 33.5. The molecule has 0 radical (unpaired) electrons. The van der Waals surface area contributed by atoms with Crippen LogP contribution >= 0.6 is 15.9 Å². The predicted molar refractivity (Wildman–Crippen MR) is 461 cm³/mol. The summed E-state index contributed by atoms with van der Waals surface area (Å²) in [6.07, 6.45) is 8.45. The highest BCUT2D eigenvalue weighted by Gasteiger charge is 2.41. The minimum atomic E-state index is -0.644. The molecule has 12 rings (SSSR count). The molecule has 6 atom stereocenters. The van der Waals surface area contributed by atoms with E-state index >= 15 is 0 Å². The van der Waals surface area contributed by atoms with Crippen LogP contribution in [0.2, 0.25) is 0 Å². The maximum absolute atomic E-state index is 13.5. The zero-order valence-corrected chi connectivity index (χ0v) is 70.7. The molecule has 4 fully saturated rings. The molecule has 0 saturated carbocycles. The number of anilines is 3. The highest BCUT2D eigenvalue weighted by atomic mass is 79.9. The number of nitrogens with two attached hydrogens (primary N) is 3. The van der Waals surface area contributed by atoms with Gasteiger partial charge in [0.2, 0.25) is 0 Å². The molecule has 5 amide bonds. The standard InChI is InChI=1S/C33H43N5O2.C32H40N4O5.C25H33BrN4O4.CH4/c1-4-26-15-25(6-5-23(26)3)21-40-31-19-35-18-30(31)37-33(39)29-16-28(17-36-32(29)34)27-9-7-24(8-10-27)20-38-13-11-22(2)12-14-38;1-7-22-14-21(9-8-20(22)2)19-40-28-18-36(31(38)41-32(3,4)5)17-27(28)35-30(37)26-15-24(16-34-29(26)33)23-10-12-25(39-6)13-11-23;1-6-17-9-16(8-7-15(17)2)14-33-21-13-30(24(32)34-25(3,4)5)12-20(21)29-23(31)19-10-18(26)11-28-22(19)27;/h5-10,15-17,22,30-31,35H,4,11-14,18-21H2,1-3H3,(H2,34,36)(H,37,39);8-16,27-28H,7,17-19H2,1-6H3,(H2,33,34)(H,35,37);7-11,20-21H,6,12-14H2,1-5H3,(H2,27,28)(H,29,31);1H4/t30-,31-;27-,28-;20-,21-;/m000./s1. The van der Waals surface area contributed by atoms with Crippen molar-refractivity contribution >= 4 is 63.3 Å². The first kappa shape index (κ1) is 89.9. The van der Waals surface area contributed by atoms with Crippen molar-refractivity contribution in [3.8, 4) is 28.0 Å². The molecule has 622 valence electrons. The average molecular weight is 1650 g/mol. The van der Waals surface area contributed by atoms with E-state index in [0.29, 0.717) is 49.5 Å². The molecule has 25 heteroatoms. The number of piperidine rings is 1. The molecule has 10 N–H and O–H groups in total. The van der Waals surface area contributed by atoms with Crippen LogP contribution in [-0.4, -0.2) is 167 Å². The van der Waals surface area contributed by atoms with Crippen molar-refractivity contribution in [2.24, 2.45) is 5.92 Å². The zero-order valence-electron chi connectivity index (χ0n) is 69.1. The molecule has 4 aliphatic rings. The molecule has 4 saturated heterocycles. The van der Waals surface area contributed by atoms with Gasteiger partial charge >= 0.3 is 12.2 Å². The lowest BCUT2D eigenvalue weighted by atomic mass is 9.98. The van der Waals surface area contributed by atoms with Crippen molar-refractivity contribution in [1.82, 2.24) is 50.9 Å². The van der Waals surface area contributed by atoms with Gasteiger partial charge in [0, 0.05) is 66.9 Å². The van der Waals surface area contributed by atoms with Gasteiger partial charge in [-0.1, -0.05) is 126 Å². The molecule has 3 aromatic heterocycles. The van der Waals surface area contributed by atoms with Crippen LogP contribution in [-0.2, 0) is 69.3 Å². The summed E-state index contributed by atoms with van der Waals surface area (Å²) in [5, 5.41) is 12.5. The molecular formula is C91H120BrN13O11. The minimum Gasteiger partial charge on any atom is -0.497 e. The Morgan fingerprint density at radius 3 is 1.28 bits per heavy atom. The van der Waals surface area contributed by atoms with E-state index in [4.69, 9.17) is 45.6 Å². The number of benzene rings is 5. The first-order chi connectivity index (χ1) is 54.8. The van der Waals surface area contributed by atoms with Crippen LogP contribution in [0.1, 0.15) is 176 Å². The van der Waals surface area contributed by atoms with Gasteiger partial charge in [0.15, 0.2) is 0 Å². The molecule has 24 nitrogen and oxygen atoms in total. The topological polar surface area (TPSA) is 315 Å². The van der Waals surface area contributed by atoms with Crippen molar-refractivity contribution in [2.45, 2.75) is 204 Å². The Morgan fingerprint density at radius 2 is 0.871 bits per heavy atom. The zero-order chi connectivity index (χ0) is 82.8. The average Bonchev–Trinajstić information content (AvgIpc) is 1.49. The smallest absolute Gasteiger partial charge is 0.410 e. The van der Waals surface area contributed by atoms with Gasteiger partial charge in [-0.15, -0.1) is 0 Å². The summed E-state index contributed by atoms with van der Waals surface area (Å²) in [6, 6.07) is 39.1. The second-order valence-corrected chi connectivity index (χ2v) is 33.3. The van der Waals surface area contributed by atoms with E-state index in [1.54, 1.807) is 41.4 Å². The van der Waals surface area contributed by atoms with Crippen LogP contribution in [0.4, 0.5) is 27.0 Å². The van der Waals surface area contributed by atoms with Crippen LogP contribution in [0.3, 0.4) is 0 Å². The van der Waals surface area contributed by atoms with Crippen LogP contribution < -0.4 is 43.2 Å². The normalized spacial score (nSPS) is 18.2. The largest absolute Gasteiger partial charge is 0.497 e. The summed E-state index contributed by atoms with van der Waals surface area (Å²) < 4.78 is 35.8. The first-order valence-corrected chi connectivity index (χ1v) is 40.7. The molecule has 0 bridgehead atoms. The minimum absolute atomic E-state index is 0. The van der Waals surface area contributed by atoms with Gasteiger partial charge in [-0.25, -0.2) is 24.5 Å². The van der Waals surface area contributed by atoms with Crippen LogP contribution in [0.5, 0.6) is 5.75 Å².